The Morgan fingerprint density at radius 3 is 2.72 bits per heavy atom. The Labute approximate surface area is 123 Å². The number of benzene rings is 1. The van der Waals surface area contributed by atoms with Crippen molar-refractivity contribution in [1.82, 2.24) is 0 Å². The van der Waals surface area contributed by atoms with Gasteiger partial charge in [0.25, 0.3) is 0 Å². The first-order chi connectivity index (χ1) is 8.81. The Balaban J connectivity index is 1.91. The van der Waals surface area contributed by atoms with Crippen molar-refractivity contribution in [1.29, 1.82) is 0 Å². The molecule has 2 rings (SSSR count). The highest BCUT2D eigenvalue weighted by Crippen LogP contribution is 2.25. The lowest BCUT2D eigenvalue weighted by molar-refractivity contribution is -0.00340. The van der Waals surface area contributed by atoms with E-state index in [2.05, 4.69) is 53.8 Å². The molecule has 1 aliphatic rings. The van der Waals surface area contributed by atoms with Crippen LogP contribution in [0.5, 0.6) is 0 Å². The molecular formula is C15H21IO2. The van der Waals surface area contributed by atoms with E-state index in [-0.39, 0.29) is 6.10 Å². The van der Waals surface area contributed by atoms with Gasteiger partial charge in [-0.2, -0.15) is 0 Å². The smallest absolute Gasteiger partial charge is 0.0916 e. The fourth-order valence-electron chi connectivity index (χ4n) is 2.33. The predicted molar refractivity (Wildman–Crippen MR) is 82.3 cm³/mol. The summed E-state index contributed by atoms with van der Waals surface area (Å²) in [7, 11) is 0. The molecule has 1 unspecified atom stereocenters. The zero-order chi connectivity index (χ0) is 12.8. The Morgan fingerprint density at radius 1 is 1.33 bits per heavy atom. The second-order valence-corrected chi connectivity index (χ2v) is 5.77. The van der Waals surface area contributed by atoms with E-state index in [0.717, 1.165) is 37.1 Å². The SMILES string of the molecule is Cc1ccccc1C(CI)OCC1CCOCC1. The second kappa shape index (κ2) is 7.46. The van der Waals surface area contributed by atoms with Gasteiger partial charge in [0.2, 0.25) is 0 Å². The molecule has 1 atom stereocenters. The van der Waals surface area contributed by atoms with Crippen molar-refractivity contribution in [3.8, 4) is 0 Å². The fraction of sp³-hybridized carbons (Fsp3) is 0.600. The first-order valence-corrected chi connectivity index (χ1v) is 8.14. The van der Waals surface area contributed by atoms with Crippen LogP contribution < -0.4 is 0 Å². The molecule has 1 heterocycles. The Kier molecular flexibility index (Phi) is 5.92. The van der Waals surface area contributed by atoms with Crippen LogP contribution in [0.4, 0.5) is 0 Å². The van der Waals surface area contributed by atoms with Crippen LogP contribution >= 0.6 is 22.6 Å². The predicted octanol–water partition coefficient (Wildman–Crippen LogP) is 3.91. The average Bonchev–Trinajstić information content (AvgIpc) is 2.42. The van der Waals surface area contributed by atoms with Gasteiger partial charge in [-0.1, -0.05) is 46.9 Å². The lowest BCUT2D eigenvalue weighted by atomic mass is 10.0. The van der Waals surface area contributed by atoms with E-state index in [0.29, 0.717) is 5.92 Å². The van der Waals surface area contributed by atoms with Gasteiger partial charge in [-0.15, -0.1) is 0 Å². The monoisotopic (exact) mass is 360 g/mol. The molecule has 0 amide bonds. The van der Waals surface area contributed by atoms with Gasteiger partial charge >= 0.3 is 0 Å². The summed E-state index contributed by atoms with van der Waals surface area (Å²) in [5.41, 5.74) is 2.66. The molecule has 3 heteroatoms. The highest BCUT2D eigenvalue weighted by atomic mass is 127. The molecule has 2 nitrogen and oxygen atoms in total. The summed E-state index contributed by atoms with van der Waals surface area (Å²) in [6, 6.07) is 8.52. The van der Waals surface area contributed by atoms with Gasteiger partial charge in [0.05, 0.1) is 12.7 Å². The summed E-state index contributed by atoms with van der Waals surface area (Å²) >= 11 is 2.41. The second-order valence-electron chi connectivity index (χ2n) is 4.89. The molecule has 0 saturated carbocycles. The molecule has 1 aromatic carbocycles. The number of rotatable bonds is 5. The highest BCUT2D eigenvalue weighted by Gasteiger charge is 2.18. The van der Waals surface area contributed by atoms with Gasteiger partial charge in [0, 0.05) is 17.6 Å². The minimum Gasteiger partial charge on any atom is -0.381 e. The number of aryl methyl sites for hydroxylation is 1. The van der Waals surface area contributed by atoms with Gasteiger partial charge in [-0.3, -0.25) is 0 Å². The molecule has 0 spiro atoms. The maximum absolute atomic E-state index is 6.13. The van der Waals surface area contributed by atoms with E-state index in [1.165, 1.54) is 11.1 Å². The summed E-state index contributed by atoms with van der Waals surface area (Å²) in [6.45, 7) is 4.82. The number of halogens is 1. The number of hydrogen-bond acceptors (Lipinski definition) is 2. The summed E-state index contributed by atoms with van der Waals surface area (Å²) < 4.78 is 12.5. The van der Waals surface area contributed by atoms with Gasteiger partial charge in [0.1, 0.15) is 0 Å². The van der Waals surface area contributed by atoms with E-state index in [1.54, 1.807) is 0 Å². The Hall–Kier alpha value is -0.130. The number of alkyl halides is 1. The maximum atomic E-state index is 6.13. The van der Waals surface area contributed by atoms with Gasteiger partial charge < -0.3 is 9.47 Å². The van der Waals surface area contributed by atoms with E-state index >= 15 is 0 Å². The van der Waals surface area contributed by atoms with Crippen molar-refractivity contribution >= 4 is 22.6 Å². The summed E-state index contributed by atoms with van der Waals surface area (Å²) in [5, 5.41) is 0. The van der Waals surface area contributed by atoms with Crippen molar-refractivity contribution < 1.29 is 9.47 Å². The molecule has 0 N–H and O–H groups in total. The van der Waals surface area contributed by atoms with Gasteiger partial charge in [-0.05, 0) is 36.8 Å². The largest absolute Gasteiger partial charge is 0.381 e. The molecule has 0 aromatic heterocycles. The van der Waals surface area contributed by atoms with Crippen LogP contribution in [0.3, 0.4) is 0 Å². The Morgan fingerprint density at radius 2 is 2.06 bits per heavy atom. The van der Waals surface area contributed by atoms with Gasteiger partial charge in [-0.25, -0.2) is 0 Å². The first-order valence-electron chi connectivity index (χ1n) is 6.62. The van der Waals surface area contributed by atoms with Crippen LogP contribution in [0.1, 0.15) is 30.1 Å². The minimum atomic E-state index is 0.231. The fourth-order valence-corrected chi connectivity index (χ4v) is 3.06. The van der Waals surface area contributed by atoms with Crippen molar-refractivity contribution in [3.63, 3.8) is 0 Å². The molecule has 1 fully saturated rings. The number of ether oxygens (including phenoxy) is 2. The van der Waals surface area contributed by atoms with E-state index in [4.69, 9.17) is 9.47 Å². The lowest BCUT2D eigenvalue weighted by Crippen LogP contribution is -2.22. The summed E-state index contributed by atoms with van der Waals surface area (Å²) in [5.74, 6) is 0.674. The molecule has 0 bridgehead atoms. The van der Waals surface area contributed by atoms with E-state index in [1.807, 2.05) is 0 Å². The van der Waals surface area contributed by atoms with Crippen LogP contribution in [-0.4, -0.2) is 24.2 Å². The van der Waals surface area contributed by atoms with Crippen molar-refractivity contribution in [2.45, 2.75) is 25.9 Å². The van der Waals surface area contributed by atoms with E-state index in [9.17, 15) is 0 Å². The number of hydrogen-bond donors (Lipinski definition) is 0. The zero-order valence-corrected chi connectivity index (χ0v) is 13.1. The molecule has 100 valence electrons. The third kappa shape index (κ3) is 3.93. The van der Waals surface area contributed by atoms with Crippen LogP contribution in [0.2, 0.25) is 0 Å². The standard InChI is InChI=1S/C15H21IO2/c1-12-4-2-3-5-14(12)15(10-16)18-11-13-6-8-17-9-7-13/h2-5,13,15H,6-11H2,1H3. The molecule has 1 aliphatic heterocycles. The maximum Gasteiger partial charge on any atom is 0.0916 e. The van der Waals surface area contributed by atoms with E-state index < -0.39 is 0 Å². The van der Waals surface area contributed by atoms with Crippen LogP contribution in [0.25, 0.3) is 0 Å². The summed E-state index contributed by atoms with van der Waals surface area (Å²) in [6.07, 6.45) is 2.51. The molecule has 1 saturated heterocycles. The molecule has 18 heavy (non-hydrogen) atoms. The lowest BCUT2D eigenvalue weighted by Gasteiger charge is -2.25. The topological polar surface area (TPSA) is 18.5 Å². The van der Waals surface area contributed by atoms with Crippen LogP contribution in [-0.2, 0) is 9.47 Å². The van der Waals surface area contributed by atoms with Crippen LogP contribution in [0, 0.1) is 12.8 Å². The third-order valence-corrected chi connectivity index (χ3v) is 4.35. The van der Waals surface area contributed by atoms with Crippen molar-refractivity contribution in [3.05, 3.63) is 35.4 Å². The molecule has 1 aromatic rings. The summed E-state index contributed by atoms with van der Waals surface area (Å²) in [4.78, 5) is 0. The van der Waals surface area contributed by atoms with Crippen LogP contribution in [0.15, 0.2) is 24.3 Å². The minimum absolute atomic E-state index is 0.231. The third-order valence-electron chi connectivity index (χ3n) is 3.55. The van der Waals surface area contributed by atoms with Crippen molar-refractivity contribution in [2.24, 2.45) is 5.92 Å². The van der Waals surface area contributed by atoms with Gasteiger partial charge in [0.15, 0.2) is 0 Å². The normalized spacial score (nSPS) is 18.8. The quantitative estimate of drug-likeness (QED) is 0.586. The molecular weight excluding hydrogens is 339 g/mol. The van der Waals surface area contributed by atoms with Crippen molar-refractivity contribution in [2.75, 3.05) is 24.2 Å². The first kappa shape index (κ1) is 14.3. The Bertz CT molecular complexity index is 361. The highest BCUT2D eigenvalue weighted by molar-refractivity contribution is 14.1. The molecule has 0 radical (unpaired) electrons. The molecule has 0 aliphatic carbocycles. The average molecular weight is 360 g/mol. The zero-order valence-electron chi connectivity index (χ0n) is 10.9.